The first kappa shape index (κ1) is 96.1. The molecule has 666 valence electrons. The van der Waals surface area contributed by atoms with Crippen LogP contribution in [0.25, 0.3) is 0 Å². The van der Waals surface area contributed by atoms with Gasteiger partial charge in [-0.15, -0.1) is 0 Å². The third kappa shape index (κ3) is 19.5. The van der Waals surface area contributed by atoms with E-state index in [1.54, 1.807) is 63.8 Å². The van der Waals surface area contributed by atoms with Crippen LogP contribution < -0.4 is 44.7 Å². The Kier molecular flexibility index (Phi) is 31.5. The highest BCUT2D eigenvalue weighted by Gasteiger charge is 2.55. The topological polar surface area (TPSA) is 272 Å². The number of ether oxygens (including phenoxy) is 8. The minimum atomic E-state index is -0.683. The van der Waals surface area contributed by atoms with Crippen LogP contribution in [0.15, 0.2) is 160 Å². The van der Waals surface area contributed by atoms with Crippen LogP contribution in [-0.2, 0) is 65.2 Å². The number of hydrogen-bond donors (Lipinski definition) is 1. The van der Waals surface area contributed by atoms with Gasteiger partial charge in [-0.2, -0.15) is 0 Å². The Hall–Kier alpha value is -11.1. The van der Waals surface area contributed by atoms with Crippen LogP contribution in [0.3, 0.4) is 0 Å². The van der Waals surface area contributed by atoms with Crippen molar-refractivity contribution in [3.8, 4) is 34.5 Å². The molecular formula is C95H106Cl3F3N6O18. The van der Waals surface area contributed by atoms with Crippen molar-refractivity contribution >= 4 is 69.9 Å². The summed E-state index contributed by atoms with van der Waals surface area (Å²) in [6.07, 6.45) is 8.11. The summed E-state index contributed by atoms with van der Waals surface area (Å²) in [6, 6.07) is 36.8. The monoisotopic (exact) mass is 1780 g/mol. The highest BCUT2D eigenvalue weighted by Crippen LogP contribution is 2.52. The van der Waals surface area contributed by atoms with Crippen molar-refractivity contribution in [2.45, 2.75) is 136 Å². The summed E-state index contributed by atoms with van der Waals surface area (Å²) in [7, 11) is 12.5. The fourth-order valence-corrected chi connectivity index (χ4v) is 18.6. The molecule has 0 radical (unpaired) electrons. The number of aromatic nitrogens is 3. The van der Waals surface area contributed by atoms with Gasteiger partial charge in [0.05, 0.1) is 54.6 Å². The van der Waals surface area contributed by atoms with Gasteiger partial charge in [-0.1, -0.05) is 166 Å². The molecule has 6 heterocycles. The molecule has 3 aromatic heterocycles. The second-order valence-corrected chi connectivity index (χ2v) is 33.2. The van der Waals surface area contributed by atoms with E-state index in [9.17, 15) is 61.4 Å². The molecule has 24 nitrogen and oxygen atoms in total. The molecule has 6 aliphatic rings. The predicted octanol–water partition coefficient (Wildman–Crippen LogP) is 15.9. The number of aliphatic hydroxyl groups is 1. The zero-order valence-corrected chi connectivity index (χ0v) is 71.0. The number of carbonyl (C=O) groups excluding carboxylic acids is 6. The van der Waals surface area contributed by atoms with Crippen LogP contribution in [0.4, 0.5) is 13.2 Å². The van der Waals surface area contributed by atoms with E-state index >= 15 is 0 Å². The van der Waals surface area contributed by atoms with Gasteiger partial charge in [-0.05, 0) is 127 Å². The van der Waals surface area contributed by atoms with E-state index < -0.39 is 67.7 Å². The maximum atomic E-state index is 14.8. The first-order valence-electron chi connectivity index (χ1n) is 39.9. The summed E-state index contributed by atoms with van der Waals surface area (Å²) in [5.74, 6) is -3.85. The van der Waals surface area contributed by atoms with E-state index in [2.05, 4.69) is 0 Å². The smallest absolute Gasteiger partial charge is 0.274 e. The number of nitrogens with zero attached hydrogens (tertiary/aromatic N) is 6. The normalized spacial score (nSPS) is 19.2. The van der Waals surface area contributed by atoms with Crippen molar-refractivity contribution in [2.75, 3.05) is 96.1 Å². The van der Waals surface area contributed by atoms with Gasteiger partial charge >= 0.3 is 0 Å². The number of halogens is 6. The van der Waals surface area contributed by atoms with Gasteiger partial charge in [0, 0.05) is 113 Å². The molecule has 0 unspecified atom stereocenters. The Morgan fingerprint density at radius 2 is 0.656 bits per heavy atom. The largest absolute Gasteiger partial charge is 0.495 e. The number of methoxy groups -OCH3 is 5. The molecule has 125 heavy (non-hydrogen) atoms. The quantitative estimate of drug-likeness (QED) is 0.0427. The summed E-state index contributed by atoms with van der Waals surface area (Å²) in [4.78, 5) is 127. The Morgan fingerprint density at radius 3 is 0.896 bits per heavy atom. The van der Waals surface area contributed by atoms with E-state index in [-0.39, 0.29) is 223 Å². The highest BCUT2D eigenvalue weighted by atomic mass is 35.5. The average molecular weight is 1780 g/mol. The molecule has 15 rings (SSSR count). The Morgan fingerprint density at radius 1 is 0.400 bits per heavy atom. The van der Waals surface area contributed by atoms with Crippen molar-refractivity contribution in [3.63, 3.8) is 0 Å². The number of aryl methyl sites for hydroxylation is 3. The first-order chi connectivity index (χ1) is 58.6. The average Bonchev–Trinajstić information content (AvgIpc) is 0.720. The molecular weight excluding hydrogens is 1680 g/mol. The third-order valence-electron chi connectivity index (χ3n) is 23.8. The fraction of sp³-hybridized carbons (Fsp3) is 0.400. The lowest BCUT2D eigenvalue weighted by molar-refractivity contribution is -0.0192. The van der Waals surface area contributed by atoms with Crippen LogP contribution in [0.2, 0.25) is 15.1 Å². The van der Waals surface area contributed by atoms with Crippen LogP contribution in [0.1, 0.15) is 176 Å². The Balaban J connectivity index is 0.000000194. The maximum absolute atomic E-state index is 14.8. The molecule has 3 aliphatic heterocycles. The molecule has 3 fully saturated rings. The summed E-state index contributed by atoms with van der Waals surface area (Å²) in [5.41, 5.74) is -0.409. The second-order valence-electron chi connectivity index (χ2n) is 32.1. The standard InChI is InChI=1S/2C31H32ClFN2O6.C30H30ClFN2O6.3CH4/c2*1-34-18-31(13-20(14-31)16-39-2)35-15-22(23(36)11-9-21-10-12-24(40-3)25(32)26(21)33)28(37)29(27(35)30(34)38)41-17-19-7-5-4-6-8-19;1-33-17-30(12-19(13-30)15-35)34-14-21(22(36)10-8-20-9-11-23(39-2)24(31)25(20)32)27(37)28(26(34)29(33)38)40-16-18-6-4-3-5-7-18;;;/h2*4-8,10,12,15,20H,9,11,13-14,16-18H2,1-3H3;3-7,9,11,14,19,35H,8,10,12-13,15-17H2,1-2H3;3*1H4. The summed E-state index contributed by atoms with van der Waals surface area (Å²) in [5, 5.41) is 9.20. The Labute approximate surface area is 739 Å². The summed E-state index contributed by atoms with van der Waals surface area (Å²) < 4.78 is 93.6. The highest BCUT2D eigenvalue weighted by molar-refractivity contribution is 6.33. The molecule has 1 N–H and O–H groups in total. The second kappa shape index (κ2) is 40.9. The van der Waals surface area contributed by atoms with Gasteiger partial charge in [0.2, 0.25) is 16.3 Å². The van der Waals surface area contributed by atoms with E-state index in [1.807, 2.05) is 91.0 Å². The molecule has 3 amide bonds. The fourth-order valence-electron chi connectivity index (χ4n) is 17.8. The SMILES string of the molecule is C.C.C.COCC1CC2(C1)CN(C)C(=O)c1c(OCc3ccccc3)c(=O)c(C(=O)CCc3ccc(OC)c(Cl)c3F)cn12.COCC1CC2(C1)CN(C)C(=O)c1c(OCc3ccccc3)c(=O)c(C(=O)CCc3ccc(OC)c(Cl)c3F)cn12.COc1ccc(CCC(=O)c2cn3c(c(OCc4ccccc4)c2=O)C(=O)N(C)CC32CC(CO)C2)c(F)c1Cl. The number of rotatable bonds is 29. The number of ketones is 3. The minimum Gasteiger partial charge on any atom is -0.495 e. The number of amides is 3. The first-order valence-corrected chi connectivity index (χ1v) is 41.1. The summed E-state index contributed by atoms with van der Waals surface area (Å²) in [6.45, 7) is 2.53. The molecule has 30 heteroatoms. The van der Waals surface area contributed by atoms with Crippen molar-refractivity contribution in [3.05, 3.63) is 276 Å². The van der Waals surface area contributed by atoms with Crippen LogP contribution in [0.5, 0.6) is 34.5 Å². The molecule has 3 aliphatic carbocycles. The molecule has 9 aromatic rings. The van der Waals surface area contributed by atoms with Gasteiger partial charge in [0.25, 0.3) is 17.7 Å². The predicted molar refractivity (Wildman–Crippen MR) is 470 cm³/mol. The minimum absolute atomic E-state index is 0. The molecule has 0 saturated heterocycles. The summed E-state index contributed by atoms with van der Waals surface area (Å²) >= 11 is 18.1. The molecule has 0 bridgehead atoms. The number of carbonyl (C=O) groups is 6. The van der Waals surface area contributed by atoms with Crippen molar-refractivity contribution in [1.82, 2.24) is 28.4 Å². The van der Waals surface area contributed by atoms with E-state index in [0.29, 0.717) is 45.7 Å². The van der Waals surface area contributed by atoms with Gasteiger partial charge in [0.15, 0.2) is 51.7 Å². The number of hydrogen-bond acceptors (Lipinski definition) is 18. The lowest BCUT2D eigenvalue weighted by Crippen LogP contribution is -2.60. The van der Waals surface area contributed by atoms with E-state index in [1.165, 1.54) is 76.3 Å². The van der Waals surface area contributed by atoms with Crippen molar-refractivity contribution < 1.29 is 84.9 Å². The number of pyridine rings is 3. The molecule has 0 atom stereocenters. The third-order valence-corrected chi connectivity index (χ3v) is 24.9. The van der Waals surface area contributed by atoms with Crippen LogP contribution in [0, 0.1) is 35.2 Å². The zero-order valence-electron chi connectivity index (χ0n) is 68.8. The van der Waals surface area contributed by atoms with E-state index in [0.717, 1.165) is 42.4 Å². The molecule has 3 saturated carbocycles. The van der Waals surface area contributed by atoms with E-state index in [4.69, 9.17) is 72.7 Å². The van der Waals surface area contributed by atoms with Gasteiger partial charge < -0.3 is 71.4 Å². The van der Waals surface area contributed by atoms with Crippen LogP contribution >= 0.6 is 34.8 Å². The number of benzene rings is 6. The number of Topliss-reactive ketones (excluding diaryl/α,β-unsaturated/α-hetero) is 3. The van der Waals surface area contributed by atoms with Crippen LogP contribution in [-0.4, -0.2) is 165 Å². The number of aliphatic hydroxyl groups excluding tert-OH is 1. The number of fused-ring (bicyclic) bond motifs is 6. The van der Waals surface area contributed by atoms with Crippen molar-refractivity contribution in [1.29, 1.82) is 0 Å². The maximum Gasteiger partial charge on any atom is 0.274 e. The lowest BCUT2D eigenvalue weighted by atomic mass is 9.67. The Bertz CT molecular complexity index is 5450. The molecule has 3 spiro atoms. The van der Waals surface area contributed by atoms with Crippen molar-refractivity contribution in [2.24, 2.45) is 17.8 Å². The van der Waals surface area contributed by atoms with Gasteiger partial charge in [0.1, 0.15) is 69.6 Å². The molecule has 6 aromatic carbocycles. The van der Waals surface area contributed by atoms with Gasteiger partial charge in [-0.25, -0.2) is 13.2 Å². The number of likely N-dealkylation sites (N-methyl/N-ethyl adjacent to an activating group) is 3. The lowest BCUT2D eigenvalue weighted by Gasteiger charge is -2.54. The van der Waals surface area contributed by atoms with Gasteiger partial charge in [-0.3, -0.25) is 43.2 Å². The zero-order chi connectivity index (χ0) is 87.2.